The van der Waals surface area contributed by atoms with Gasteiger partial charge in [0.1, 0.15) is 0 Å². The minimum absolute atomic E-state index is 0.0499. The van der Waals surface area contributed by atoms with Gasteiger partial charge in [0, 0.05) is 36.6 Å². The molecule has 5 rings (SSSR count). The first kappa shape index (κ1) is 20.3. The number of nitrogens with one attached hydrogen (secondary N) is 1. The van der Waals surface area contributed by atoms with E-state index in [1.807, 2.05) is 71.6 Å². The van der Waals surface area contributed by atoms with Crippen LogP contribution in [0.3, 0.4) is 0 Å². The van der Waals surface area contributed by atoms with E-state index in [4.69, 9.17) is 4.74 Å². The average molecular weight is 428 g/mol. The van der Waals surface area contributed by atoms with Gasteiger partial charge in [-0.1, -0.05) is 36.4 Å². The highest BCUT2D eigenvalue weighted by atomic mass is 16.5. The second-order valence-electron chi connectivity index (χ2n) is 8.02. The van der Waals surface area contributed by atoms with Crippen molar-refractivity contribution in [1.29, 1.82) is 0 Å². The van der Waals surface area contributed by atoms with Gasteiger partial charge in [0.25, 0.3) is 5.91 Å². The smallest absolute Gasteiger partial charge is 0.326 e. The van der Waals surface area contributed by atoms with Crippen LogP contribution < -0.4 is 10.2 Å². The lowest BCUT2D eigenvalue weighted by atomic mass is 10.0. The van der Waals surface area contributed by atoms with Gasteiger partial charge in [-0.25, -0.2) is 4.79 Å². The van der Waals surface area contributed by atoms with Crippen LogP contribution in [0, 0.1) is 0 Å². The zero-order valence-electron chi connectivity index (χ0n) is 17.8. The van der Waals surface area contributed by atoms with Crippen LogP contribution in [0.25, 0.3) is 11.1 Å². The number of rotatable bonds is 3. The van der Waals surface area contributed by atoms with Gasteiger partial charge >= 0.3 is 6.03 Å². The molecule has 0 atom stereocenters. The first-order chi connectivity index (χ1) is 15.7. The average Bonchev–Trinajstić information content (AvgIpc) is 3.28. The number of amides is 3. The summed E-state index contributed by atoms with van der Waals surface area (Å²) in [6.07, 6.45) is 0.818. The predicted molar refractivity (Wildman–Crippen MR) is 125 cm³/mol. The van der Waals surface area contributed by atoms with Crippen molar-refractivity contribution in [1.82, 2.24) is 4.90 Å². The summed E-state index contributed by atoms with van der Waals surface area (Å²) in [6.45, 7) is 3.13. The number of hydrogen-bond donors (Lipinski definition) is 1. The van der Waals surface area contributed by atoms with Crippen LogP contribution in [0.2, 0.25) is 0 Å². The highest BCUT2D eigenvalue weighted by Crippen LogP contribution is 2.33. The second-order valence-corrected chi connectivity index (χ2v) is 8.02. The number of hydrogen-bond acceptors (Lipinski definition) is 3. The number of fused-ring (bicyclic) bond motifs is 1. The molecule has 3 aromatic rings. The van der Waals surface area contributed by atoms with Crippen molar-refractivity contribution in [3.8, 4) is 11.1 Å². The molecular formula is C26H25N3O3. The molecule has 0 radical (unpaired) electrons. The van der Waals surface area contributed by atoms with E-state index in [9.17, 15) is 9.59 Å². The van der Waals surface area contributed by atoms with Crippen LogP contribution in [0.4, 0.5) is 16.2 Å². The summed E-state index contributed by atoms with van der Waals surface area (Å²) in [5.41, 5.74) is 5.72. The largest absolute Gasteiger partial charge is 0.378 e. The molecule has 1 fully saturated rings. The summed E-state index contributed by atoms with van der Waals surface area (Å²) < 4.78 is 5.33. The fourth-order valence-electron chi connectivity index (χ4n) is 4.26. The van der Waals surface area contributed by atoms with Gasteiger partial charge < -0.3 is 15.0 Å². The van der Waals surface area contributed by atoms with Crippen molar-refractivity contribution in [2.45, 2.75) is 6.42 Å². The Hall–Kier alpha value is -3.64. The quantitative estimate of drug-likeness (QED) is 0.673. The van der Waals surface area contributed by atoms with Gasteiger partial charge in [0.15, 0.2) is 0 Å². The van der Waals surface area contributed by atoms with Crippen molar-refractivity contribution in [3.63, 3.8) is 0 Å². The number of carbonyl (C=O) groups excluding carboxylic acids is 2. The maximum absolute atomic E-state index is 12.7. The number of benzene rings is 3. The Morgan fingerprint density at radius 3 is 2.28 bits per heavy atom. The summed E-state index contributed by atoms with van der Waals surface area (Å²) in [4.78, 5) is 29.0. The molecule has 1 saturated heterocycles. The summed E-state index contributed by atoms with van der Waals surface area (Å²) in [5.74, 6) is 0.0499. The lowest BCUT2D eigenvalue weighted by Gasteiger charge is -2.26. The standard InChI is InChI=1S/C26H25N3O3/c30-25(28-14-16-32-17-15-28)20-8-6-19(7-9-20)21-10-11-24-22(18-21)12-13-29(24)26(31)27-23-4-2-1-3-5-23/h1-11,18H,12-17H2,(H,27,31). The first-order valence-electron chi connectivity index (χ1n) is 10.9. The molecule has 0 unspecified atom stereocenters. The highest BCUT2D eigenvalue weighted by Gasteiger charge is 2.25. The Balaban J connectivity index is 1.30. The van der Waals surface area contributed by atoms with Crippen molar-refractivity contribution >= 4 is 23.3 Å². The fraction of sp³-hybridized carbons (Fsp3) is 0.231. The molecular weight excluding hydrogens is 402 g/mol. The molecule has 32 heavy (non-hydrogen) atoms. The van der Waals surface area contributed by atoms with E-state index in [0.717, 1.165) is 34.5 Å². The van der Waals surface area contributed by atoms with Gasteiger partial charge in [-0.2, -0.15) is 0 Å². The van der Waals surface area contributed by atoms with E-state index in [-0.39, 0.29) is 11.9 Å². The maximum atomic E-state index is 12.7. The summed E-state index contributed by atoms with van der Waals surface area (Å²) in [7, 11) is 0. The molecule has 0 aromatic heterocycles. The molecule has 0 bridgehead atoms. The monoisotopic (exact) mass is 427 g/mol. The van der Waals surface area contributed by atoms with Gasteiger partial charge in [0.05, 0.1) is 13.2 Å². The topological polar surface area (TPSA) is 61.9 Å². The van der Waals surface area contributed by atoms with Crippen molar-refractivity contribution in [2.24, 2.45) is 0 Å². The number of ether oxygens (including phenoxy) is 1. The third-order valence-corrected chi connectivity index (χ3v) is 6.01. The van der Waals surface area contributed by atoms with E-state index in [2.05, 4.69) is 11.4 Å². The molecule has 6 heteroatoms. The van der Waals surface area contributed by atoms with Crippen LogP contribution in [-0.4, -0.2) is 49.7 Å². The molecule has 6 nitrogen and oxygen atoms in total. The van der Waals surface area contributed by atoms with Crippen LogP contribution in [0.1, 0.15) is 15.9 Å². The molecule has 0 spiro atoms. The van der Waals surface area contributed by atoms with Crippen molar-refractivity contribution in [3.05, 3.63) is 83.9 Å². The van der Waals surface area contributed by atoms with E-state index < -0.39 is 0 Å². The molecule has 1 N–H and O–H groups in total. The van der Waals surface area contributed by atoms with Gasteiger partial charge in [-0.05, 0) is 59.5 Å². The minimum Gasteiger partial charge on any atom is -0.378 e. The Bertz CT molecular complexity index is 1120. The molecule has 162 valence electrons. The highest BCUT2D eigenvalue weighted by molar-refractivity contribution is 6.03. The lowest BCUT2D eigenvalue weighted by Crippen LogP contribution is -2.40. The molecule has 0 aliphatic carbocycles. The molecule has 3 amide bonds. The lowest BCUT2D eigenvalue weighted by molar-refractivity contribution is 0.0303. The number of para-hydroxylation sites is 1. The zero-order chi connectivity index (χ0) is 21.9. The van der Waals surface area contributed by atoms with Gasteiger partial charge in [-0.15, -0.1) is 0 Å². The van der Waals surface area contributed by atoms with E-state index in [1.165, 1.54) is 0 Å². The third-order valence-electron chi connectivity index (χ3n) is 6.01. The van der Waals surface area contributed by atoms with E-state index in [1.54, 1.807) is 4.90 Å². The number of carbonyl (C=O) groups is 2. The number of anilines is 2. The van der Waals surface area contributed by atoms with E-state index in [0.29, 0.717) is 38.4 Å². The summed E-state index contributed by atoms with van der Waals surface area (Å²) in [5, 5.41) is 2.96. The second kappa shape index (κ2) is 8.85. The molecule has 3 aromatic carbocycles. The predicted octanol–water partition coefficient (Wildman–Crippen LogP) is 4.42. The Labute approximate surface area is 187 Å². The van der Waals surface area contributed by atoms with Crippen LogP contribution >= 0.6 is 0 Å². The minimum atomic E-state index is -0.117. The SMILES string of the molecule is O=C(c1ccc(-c2ccc3c(c2)CCN3C(=O)Nc2ccccc2)cc1)N1CCOCC1. The number of nitrogens with zero attached hydrogens (tertiary/aromatic N) is 2. The first-order valence-corrected chi connectivity index (χ1v) is 10.9. The van der Waals surface area contributed by atoms with Gasteiger partial charge in [0.2, 0.25) is 0 Å². The van der Waals surface area contributed by atoms with E-state index >= 15 is 0 Å². The maximum Gasteiger partial charge on any atom is 0.326 e. The molecule has 0 saturated carbocycles. The molecule has 2 aliphatic heterocycles. The summed E-state index contributed by atoms with van der Waals surface area (Å²) >= 11 is 0. The fourth-order valence-corrected chi connectivity index (χ4v) is 4.26. The Kier molecular flexibility index (Phi) is 5.60. The molecule has 2 aliphatic rings. The van der Waals surface area contributed by atoms with Gasteiger partial charge in [-0.3, -0.25) is 9.69 Å². The van der Waals surface area contributed by atoms with Crippen molar-refractivity contribution in [2.75, 3.05) is 43.1 Å². The zero-order valence-corrected chi connectivity index (χ0v) is 17.8. The van der Waals surface area contributed by atoms with Crippen LogP contribution in [0.5, 0.6) is 0 Å². The van der Waals surface area contributed by atoms with Crippen LogP contribution in [0.15, 0.2) is 72.8 Å². The van der Waals surface area contributed by atoms with Crippen LogP contribution in [-0.2, 0) is 11.2 Å². The Morgan fingerprint density at radius 2 is 1.53 bits per heavy atom. The number of urea groups is 1. The number of morpholine rings is 1. The third kappa shape index (κ3) is 4.09. The summed E-state index contributed by atoms with van der Waals surface area (Å²) in [6, 6.07) is 23.3. The molecule has 2 heterocycles. The normalized spacial score (nSPS) is 15.4. The Morgan fingerprint density at radius 1 is 0.812 bits per heavy atom. The van der Waals surface area contributed by atoms with Crippen molar-refractivity contribution < 1.29 is 14.3 Å².